The van der Waals surface area contributed by atoms with E-state index in [1.165, 1.54) is 0 Å². The summed E-state index contributed by atoms with van der Waals surface area (Å²) in [6, 6.07) is 0. The summed E-state index contributed by atoms with van der Waals surface area (Å²) in [5.41, 5.74) is 0. The molecule has 0 fully saturated rings. The van der Waals surface area contributed by atoms with Crippen molar-refractivity contribution in [3.63, 3.8) is 0 Å². The molecule has 0 unspecified atom stereocenters. The van der Waals surface area contributed by atoms with Gasteiger partial charge in [0, 0.05) is 0 Å². The largest absolute Gasteiger partial charge is 2.00 e. The zero-order valence-electron chi connectivity index (χ0n) is 8.00. The van der Waals surface area contributed by atoms with Gasteiger partial charge in [-0.05, 0) is 0 Å². The summed E-state index contributed by atoms with van der Waals surface area (Å²) in [5.74, 6) is 0. The summed E-state index contributed by atoms with van der Waals surface area (Å²) >= 11 is 0. The molecule has 0 amide bonds. The number of hydrogen-bond donors (Lipinski definition) is 1. The van der Waals surface area contributed by atoms with Crippen LogP contribution >= 0.6 is 0 Å². The maximum absolute atomic E-state index is 3.74. The first-order valence-corrected chi connectivity index (χ1v) is 10.5. The SMILES string of the molecule is C[Si](C)(C)N[Si](C)(C)C.[Sn+2]. The van der Waals surface area contributed by atoms with E-state index in [1.807, 2.05) is 0 Å². The van der Waals surface area contributed by atoms with Crippen molar-refractivity contribution in [1.29, 1.82) is 0 Å². The van der Waals surface area contributed by atoms with Gasteiger partial charge in [0.1, 0.15) is 16.5 Å². The van der Waals surface area contributed by atoms with Crippen molar-refractivity contribution in [2.24, 2.45) is 0 Å². The molecule has 0 spiro atoms. The Morgan fingerprint density at radius 3 is 0.900 bits per heavy atom. The zero-order chi connectivity index (χ0) is 7.71. The molecule has 1 nitrogen and oxygen atoms in total. The molecule has 0 aliphatic heterocycles. The molecule has 0 aromatic rings. The van der Waals surface area contributed by atoms with Gasteiger partial charge in [0.2, 0.25) is 0 Å². The smallest absolute Gasteiger partial charge is 0.360 e. The van der Waals surface area contributed by atoms with Crippen LogP contribution in [0.25, 0.3) is 0 Å². The first-order valence-electron chi connectivity index (χ1n) is 3.50. The molecule has 0 atom stereocenters. The minimum atomic E-state index is -0.981. The Hall–Kier alpha value is 1.19. The molecule has 0 saturated carbocycles. The van der Waals surface area contributed by atoms with Crippen LogP contribution in [0.15, 0.2) is 0 Å². The molecular weight excluding hydrogens is 261 g/mol. The maximum Gasteiger partial charge on any atom is 2.00 e. The molecule has 0 aliphatic rings. The topological polar surface area (TPSA) is 12.0 Å². The molecule has 0 heterocycles. The Bertz CT molecular complexity index is 80.9. The first-order chi connectivity index (χ1) is 3.71. The first kappa shape index (κ1) is 13.8. The van der Waals surface area contributed by atoms with Gasteiger partial charge in [-0.2, -0.15) is 0 Å². The van der Waals surface area contributed by atoms with Gasteiger partial charge in [-0.15, -0.1) is 0 Å². The molecule has 0 aliphatic carbocycles. The fraction of sp³-hybridized carbons (Fsp3) is 1.00. The fourth-order valence-electron chi connectivity index (χ4n) is 1.12. The third-order valence-electron chi connectivity index (χ3n) is 0.750. The van der Waals surface area contributed by atoms with Crippen LogP contribution in [0, 0.1) is 0 Å². The van der Waals surface area contributed by atoms with E-state index in [4.69, 9.17) is 0 Å². The van der Waals surface area contributed by atoms with Crippen LogP contribution in [-0.4, -0.2) is 40.4 Å². The second-order valence-corrected chi connectivity index (χ2v) is 14.6. The molecule has 0 rings (SSSR count). The maximum atomic E-state index is 3.74. The van der Waals surface area contributed by atoms with Gasteiger partial charge in [-0.25, -0.2) is 0 Å². The van der Waals surface area contributed by atoms with E-state index < -0.39 is 16.5 Å². The van der Waals surface area contributed by atoms with Crippen LogP contribution in [-0.2, 0) is 0 Å². The van der Waals surface area contributed by atoms with Gasteiger partial charge < -0.3 is 4.65 Å². The van der Waals surface area contributed by atoms with Crippen LogP contribution in [0.4, 0.5) is 0 Å². The zero-order valence-corrected chi connectivity index (χ0v) is 12.9. The molecule has 0 saturated heterocycles. The summed E-state index contributed by atoms with van der Waals surface area (Å²) in [7, 11) is -1.96. The molecule has 4 heteroatoms. The fourth-order valence-corrected chi connectivity index (χ4v) is 10.1. The number of nitrogens with one attached hydrogen (secondary N) is 1. The van der Waals surface area contributed by atoms with Gasteiger partial charge in [-0.3, -0.25) is 0 Å². The van der Waals surface area contributed by atoms with Gasteiger partial charge in [0.25, 0.3) is 0 Å². The van der Waals surface area contributed by atoms with E-state index in [2.05, 4.69) is 43.9 Å². The summed E-state index contributed by atoms with van der Waals surface area (Å²) in [6.45, 7) is 14.1. The minimum absolute atomic E-state index is 0. The van der Waals surface area contributed by atoms with Crippen LogP contribution in [0.1, 0.15) is 0 Å². The van der Waals surface area contributed by atoms with E-state index >= 15 is 0 Å². The standard InChI is InChI=1S/C6H19NSi2.Sn/c1-8(2,3)7-9(4,5)6;/h7H,1-6H3;/q;+2. The second kappa shape index (κ2) is 4.28. The minimum Gasteiger partial charge on any atom is -0.360 e. The molecule has 0 aromatic heterocycles. The Balaban J connectivity index is 0. The molecule has 1 N–H and O–H groups in total. The number of hydrogen-bond acceptors (Lipinski definition) is 1. The van der Waals surface area contributed by atoms with Crippen molar-refractivity contribution in [2.45, 2.75) is 39.3 Å². The van der Waals surface area contributed by atoms with E-state index in [0.717, 1.165) is 0 Å². The van der Waals surface area contributed by atoms with Crippen LogP contribution in [0.5, 0.6) is 0 Å². The van der Waals surface area contributed by atoms with E-state index in [-0.39, 0.29) is 23.9 Å². The molecule has 0 aromatic carbocycles. The van der Waals surface area contributed by atoms with Crippen molar-refractivity contribution < 1.29 is 0 Å². The predicted octanol–water partition coefficient (Wildman–Crippen LogP) is 1.86. The predicted molar refractivity (Wildman–Crippen MR) is 55.6 cm³/mol. The van der Waals surface area contributed by atoms with Crippen LogP contribution in [0.2, 0.25) is 39.3 Å². The van der Waals surface area contributed by atoms with Crippen molar-refractivity contribution in [3.8, 4) is 0 Å². The average molecular weight is 280 g/mol. The average Bonchev–Trinajstić information content (AvgIpc) is 1.14. The van der Waals surface area contributed by atoms with Crippen molar-refractivity contribution in [1.82, 2.24) is 4.65 Å². The summed E-state index contributed by atoms with van der Waals surface area (Å²) < 4.78 is 3.74. The number of rotatable bonds is 2. The van der Waals surface area contributed by atoms with Gasteiger partial charge >= 0.3 is 23.9 Å². The third-order valence-corrected chi connectivity index (χ3v) is 6.75. The normalized spacial score (nSPS) is 12.6. The monoisotopic (exact) mass is 281 g/mol. The summed E-state index contributed by atoms with van der Waals surface area (Å²) in [5, 5.41) is 0. The summed E-state index contributed by atoms with van der Waals surface area (Å²) in [6.07, 6.45) is 0. The van der Waals surface area contributed by atoms with Gasteiger partial charge in [-0.1, -0.05) is 39.3 Å². The second-order valence-electron chi connectivity index (χ2n) is 4.62. The molecule has 2 radical (unpaired) electrons. The Labute approximate surface area is 84.1 Å². The van der Waals surface area contributed by atoms with E-state index in [1.54, 1.807) is 0 Å². The van der Waals surface area contributed by atoms with Crippen molar-refractivity contribution in [3.05, 3.63) is 0 Å². The van der Waals surface area contributed by atoms with E-state index in [0.29, 0.717) is 0 Å². The molecule has 58 valence electrons. The summed E-state index contributed by atoms with van der Waals surface area (Å²) in [4.78, 5) is 0. The molecular formula is C6H19NSi2Sn+2. The Morgan fingerprint density at radius 1 is 0.700 bits per heavy atom. The van der Waals surface area contributed by atoms with Crippen LogP contribution < -0.4 is 4.65 Å². The van der Waals surface area contributed by atoms with Crippen molar-refractivity contribution in [2.75, 3.05) is 0 Å². The molecule has 10 heavy (non-hydrogen) atoms. The van der Waals surface area contributed by atoms with E-state index in [9.17, 15) is 0 Å². The Kier molecular flexibility index (Phi) is 5.88. The van der Waals surface area contributed by atoms with Gasteiger partial charge in [0.05, 0.1) is 0 Å². The Morgan fingerprint density at radius 2 is 0.900 bits per heavy atom. The van der Waals surface area contributed by atoms with Gasteiger partial charge in [0.15, 0.2) is 0 Å². The van der Waals surface area contributed by atoms with Crippen molar-refractivity contribution >= 4 is 40.4 Å². The van der Waals surface area contributed by atoms with Crippen LogP contribution in [0.3, 0.4) is 0 Å². The third kappa shape index (κ3) is 11.9. The quantitative estimate of drug-likeness (QED) is 0.761. The molecule has 0 bridgehead atoms.